The number of rotatable bonds is 7. The normalized spacial score (nSPS) is 28.7. The number of nitrogens with one attached hydrogen (secondary N) is 1. The molecule has 0 radical (unpaired) electrons. The fraction of sp³-hybridized carbons (Fsp3) is 0.483. The molecule has 5 atom stereocenters. The van der Waals surface area contributed by atoms with Crippen molar-refractivity contribution >= 4 is 17.2 Å². The Morgan fingerprint density at radius 1 is 1.24 bits per heavy atom. The molecule has 0 saturated heterocycles. The molecule has 1 aromatic carbocycles. The zero-order valence-electron chi connectivity index (χ0n) is 21.6. The lowest BCUT2D eigenvalue weighted by molar-refractivity contribution is -0.144. The molecule has 8 heteroatoms. The molecule has 5 rings (SSSR count). The molecule has 2 aliphatic carbocycles. The van der Waals surface area contributed by atoms with Gasteiger partial charge < -0.3 is 20.3 Å². The van der Waals surface area contributed by atoms with Crippen LogP contribution in [-0.2, 0) is 17.8 Å². The molecule has 3 aromatic rings. The minimum Gasteiger partial charge on any atom is -0.497 e. The molecule has 0 spiro atoms. The van der Waals surface area contributed by atoms with Crippen molar-refractivity contribution in [2.75, 3.05) is 13.7 Å². The number of nitrogens with zero attached hydrogens (tertiary/aromatic N) is 2. The van der Waals surface area contributed by atoms with Gasteiger partial charge in [-0.05, 0) is 60.4 Å². The zero-order valence-corrected chi connectivity index (χ0v) is 22.4. The van der Waals surface area contributed by atoms with Gasteiger partial charge in [-0.1, -0.05) is 26.0 Å². The number of benzene rings is 1. The van der Waals surface area contributed by atoms with E-state index in [4.69, 9.17) is 9.72 Å². The molecule has 2 aromatic heterocycles. The number of aromatic nitrogens is 2. The van der Waals surface area contributed by atoms with Gasteiger partial charge in [0.1, 0.15) is 10.8 Å². The van der Waals surface area contributed by atoms with Gasteiger partial charge in [-0.2, -0.15) is 0 Å². The summed E-state index contributed by atoms with van der Waals surface area (Å²) >= 11 is 1.64. The van der Waals surface area contributed by atoms with Gasteiger partial charge in [-0.3, -0.25) is 9.78 Å². The summed E-state index contributed by atoms with van der Waals surface area (Å²) < 4.78 is 5.22. The average Bonchev–Trinajstić information content (AvgIpc) is 3.36. The van der Waals surface area contributed by atoms with Crippen molar-refractivity contribution in [1.82, 2.24) is 15.3 Å². The van der Waals surface area contributed by atoms with E-state index in [0.717, 1.165) is 45.3 Å². The van der Waals surface area contributed by atoms with Gasteiger partial charge in [-0.15, -0.1) is 11.3 Å². The van der Waals surface area contributed by atoms with Crippen molar-refractivity contribution in [2.24, 2.45) is 16.7 Å². The van der Waals surface area contributed by atoms with Gasteiger partial charge in [0.15, 0.2) is 0 Å². The smallest absolute Gasteiger partial charge is 0.220 e. The Balaban J connectivity index is 1.46. The summed E-state index contributed by atoms with van der Waals surface area (Å²) in [6.45, 7) is 4.57. The minimum atomic E-state index is -0.638. The summed E-state index contributed by atoms with van der Waals surface area (Å²) in [5, 5.41) is 25.4. The van der Waals surface area contributed by atoms with E-state index in [2.05, 4.69) is 17.2 Å². The molecular weight excluding hydrogens is 486 g/mol. The number of fused-ring (bicyclic) bond motifs is 2. The van der Waals surface area contributed by atoms with Crippen LogP contribution in [0.4, 0.5) is 0 Å². The Morgan fingerprint density at radius 3 is 2.70 bits per heavy atom. The third-order valence-electron chi connectivity index (χ3n) is 8.84. The number of methoxy groups -OCH3 is 1. The molecule has 0 bridgehead atoms. The number of hydrogen-bond acceptors (Lipinski definition) is 7. The van der Waals surface area contributed by atoms with Crippen molar-refractivity contribution in [2.45, 2.75) is 58.1 Å². The average molecular weight is 522 g/mol. The number of carbonyl (C=O) groups is 1. The van der Waals surface area contributed by atoms with Gasteiger partial charge >= 0.3 is 0 Å². The molecule has 2 heterocycles. The Morgan fingerprint density at radius 2 is 2.03 bits per heavy atom. The van der Waals surface area contributed by atoms with Crippen molar-refractivity contribution in [3.8, 4) is 16.3 Å². The van der Waals surface area contributed by atoms with Crippen LogP contribution in [0.15, 0.2) is 48.8 Å². The van der Waals surface area contributed by atoms with Crippen LogP contribution >= 0.6 is 11.3 Å². The van der Waals surface area contributed by atoms with E-state index in [-0.39, 0.29) is 29.8 Å². The van der Waals surface area contributed by atoms with E-state index < -0.39 is 11.5 Å². The zero-order chi connectivity index (χ0) is 26.2. The Kier molecular flexibility index (Phi) is 7.09. The first kappa shape index (κ1) is 25.8. The van der Waals surface area contributed by atoms with Crippen molar-refractivity contribution in [3.05, 3.63) is 64.9 Å². The van der Waals surface area contributed by atoms with E-state index in [1.165, 1.54) is 0 Å². The summed E-state index contributed by atoms with van der Waals surface area (Å²) in [6, 6.07) is 11.6. The summed E-state index contributed by atoms with van der Waals surface area (Å²) in [4.78, 5) is 23.8. The van der Waals surface area contributed by atoms with E-state index in [1.54, 1.807) is 24.6 Å². The molecular formula is C29H35N3O4S. The highest BCUT2D eigenvalue weighted by molar-refractivity contribution is 7.15. The van der Waals surface area contributed by atoms with Crippen molar-refractivity contribution in [1.29, 1.82) is 0 Å². The van der Waals surface area contributed by atoms with Gasteiger partial charge in [-0.25, -0.2) is 4.98 Å². The van der Waals surface area contributed by atoms with Crippen LogP contribution in [-0.4, -0.2) is 45.9 Å². The summed E-state index contributed by atoms with van der Waals surface area (Å²) in [7, 11) is 1.63. The molecule has 37 heavy (non-hydrogen) atoms. The predicted octanol–water partition coefficient (Wildman–Crippen LogP) is 4.34. The van der Waals surface area contributed by atoms with Gasteiger partial charge in [0.05, 0.1) is 25.5 Å². The second kappa shape index (κ2) is 10.2. The Bertz CT molecular complexity index is 1250. The number of ether oxygens (including phenoxy) is 1. The van der Waals surface area contributed by atoms with E-state index in [1.807, 2.05) is 49.5 Å². The highest BCUT2D eigenvalue weighted by Crippen LogP contribution is 2.62. The molecule has 7 nitrogen and oxygen atoms in total. The number of pyridine rings is 1. The Hall–Kier alpha value is -2.81. The third kappa shape index (κ3) is 4.67. The minimum absolute atomic E-state index is 0.0265. The first-order valence-corrected chi connectivity index (χ1v) is 13.7. The lowest BCUT2D eigenvalue weighted by Gasteiger charge is -2.58. The highest BCUT2D eigenvalue weighted by atomic mass is 32.1. The van der Waals surface area contributed by atoms with Crippen LogP contribution in [0.5, 0.6) is 5.75 Å². The number of aliphatic hydroxyl groups excluding tert-OH is 2. The number of thiazole rings is 1. The number of amides is 1. The maximum atomic E-state index is 13.3. The molecule has 0 aliphatic heterocycles. The largest absolute Gasteiger partial charge is 0.497 e. The number of hydrogen-bond donors (Lipinski definition) is 3. The monoisotopic (exact) mass is 521 g/mol. The van der Waals surface area contributed by atoms with E-state index in [9.17, 15) is 15.0 Å². The highest BCUT2D eigenvalue weighted by Gasteiger charge is 2.59. The molecule has 196 valence electrons. The summed E-state index contributed by atoms with van der Waals surface area (Å²) in [6.07, 6.45) is 5.42. The molecule has 5 unspecified atom stereocenters. The first-order chi connectivity index (χ1) is 17.8. The van der Waals surface area contributed by atoms with E-state index in [0.29, 0.717) is 19.4 Å². The summed E-state index contributed by atoms with van der Waals surface area (Å²) in [5.74, 6) is 0.671. The summed E-state index contributed by atoms with van der Waals surface area (Å²) in [5.41, 5.74) is 2.04. The van der Waals surface area contributed by atoms with Crippen LogP contribution < -0.4 is 10.1 Å². The second-order valence-corrected chi connectivity index (χ2v) is 12.0. The van der Waals surface area contributed by atoms with Crippen LogP contribution in [0, 0.1) is 16.7 Å². The number of aliphatic hydroxyl groups is 2. The standard InChI is InChI=1S/C29H35N3O4S/c1-28-11-10-24(34)29(2,17-33)23(28)14-22-26(32-27(37-22)19-5-4-12-30-16-19)21(28)13-25(35)31-15-18-6-8-20(36-3)9-7-18/h4-9,12,16,21,23-24,33-34H,10-11,13-15,17H2,1-3H3,(H,31,35). The van der Waals surface area contributed by atoms with Crippen molar-refractivity contribution in [3.63, 3.8) is 0 Å². The fourth-order valence-corrected chi connectivity index (χ4v) is 7.62. The van der Waals surface area contributed by atoms with E-state index >= 15 is 0 Å². The maximum absolute atomic E-state index is 13.3. The van der Waals surface area contributed by atoms with Gasteiger partial charge in [0.2, 0.25) is 5.91 Å². The predicted molar refractivity (Wildman–Crippen MR) is 143 cm³/mol. The SMILES string of the molecule is COc1ccc(CNC(=O)CC2c3nc(-c4cccnc4)sc3CC3C(C)(CO)C(O)CCC23C)cc1. The molecule has 1 saturated carbocycles. The van der Waals surface area contributed by atoms with Gasteiger partial charge in [0, 0.05) is 47.1 Å². The van der Waals surface area contributed by atoms with Crippen molar-refractivity contribution < 1.29 is 19.7 Å². The molecule has 2 aliphatic rings. The maximum Gasteiger partial charge on any atom is 0.220 e. The lowest BCUT2D eigenvalue weighted by atomic mass is 9.47. The quantitative estimate of drug-likeness (QED) is 0.427. The van der Waals surface area contributed by atoms with Crippen LogP contribution in [0.3, 0.4) is 0 Å². The van der Waals surface area contributed by atoms with Gasteiger partial charge in [0.25, 0.3) is 0 Å². The second-order valence-electron chi connectivity index (χ2n) is 10.9. The molecule has 1 fully saturated rings. The van der Waals surface area contributed by atoms with Crippen LogP contribution in [0.25, 0.3) is 10.6 Å². The first-order valence-electron chi connectivity index (χ1n) is 12.9. The lowest BCUT2D eigenvalue weighted by Crippen LogP contribution is -2.57. The third-order valence-corrected chi connectivity index (χ3v) is 9.98. The van der Waals surface area contributed by atoms with Crippen LogP contribution in [0.2, 0.25) is 0 Å². The Labute approximate surface area is 222 Å². The molecule has 3 N–H and O–H groups in total. The fourth-order valence-electron chi connectivity index (χ4n) is 6.46. The van der Waals surface area contributed by atoms with Crippen LogP contribution in [0.1, 0.15) is 55.2 Å². The topological polar surface area (TPSA) is 105 Å². The molecule has 1 amide bonds. The number of carbonyl (C=O) groups excluding carboxylic acids is 1.